The molecule has 2 saturated heterocycles. The molecule has 0 aliphatic carbocycles. The minimum absolute atomic E-state index is 0.704. The van der Waals surface area contributed by atoms with Crippen molar-refractivity contribution in [3.63, 3.8) is 0 Å². The highest BCUT2D eigenvalue weighted by molar-refractivity contribution is 4.90. The Morgan fingerprint density at radius 2 is 2.00 bits per heavy atom. The van der Waals surface area contributed by atoms with Crippen molar-refractivity contribution < 1.29 is 9.47 Å². The summed E-state index contributed by atoms with van der Waals surface area (Å²) in [6, 6.07) is 1.41. The van der Waals surface area contributed by atoms with Crippen LogP contribution in [0.1, 0.15) is 19.3 Å². The Morgan fingerprint density at radius 3 is 2.62 bits per heavy atom. The summed E-state index contributed by atoms with van der Waals surface area (Å²) >= 11 is 0. The van der Waals surface area contributed by atoms with Crippen molar-refractivity contribution in [2.45, 2.75) is 31.3 Å². The maximum absolute atomic E-state index is 5.52. The van der Waals surface area contributed by atoms with Gasteiger partial charge in [0.05, 0.1) is 13.2 Å². The normalized spacial score (nSPS) is 33.9. The van der Waals surface area contributed by atoms with Crippen LogP contribution >= 0.6 is 0 Å². The second-order valence-electron chi connectivity index (χ2n) is 4.01. The lowest BCUT2D eigenvalue weighted by Gasteiger charge is -2.34. The average Bonchev–Trinajstić information content (AvgIpc) is 2.38. The third-order valence-corrected chi connectivity index (χ3v) is 3.16. The van der Waals surface area contributed by atoms with E-state index in [0.29, 0.717) is 12.1 Å². The largest absolute Gasteiger partial charge is 0.385 e. The Hall–Kier alpha value is -0.120. The van der Waals surface area contributed by atoms with Crippen LogP contribution in [0.3, 0.4) is 0 Å². The first-order valence-corrected chi connectivity index (χ1v) is 5.24. The van der Waals surface area contributed by atoms with Crippen molar-refractivity contribution >= 4 is 0 Å². The van der Waals surface area contributed by atoms with E-state index >= 15 is 0 Å². The zero-order valence-electron chi connectivity index (χ0n) is 8.37. The van der Waals surface area contributed by atoms with Crippen LogP contribution < -0.4 is 0 Å². The fraction of sp³-hybridized carbons (Fsp3) is 1.00. The van der Waals surface area contributed by atoms with Gasteiger partial charge in [-0.15, -0.1) is 0 Å². The molecule has 2 aliphatic rings. The molecule has 0 aromatic rings. The molecule has 13 heavy (non-hydrogen) atoms. The molecule has 2 fully saturated rings. The summed E-state index contributed by atoms with van der Waals surface area (Å²) in [5.41, 5.74) is 0. The van der Waals surface area contributed by atoms with E-state index in [2.05, 4.69) is 4.90 Å². The first kappa shape index (κ1) is 9.44. The minimum Gasteiger partial charge on any atom is -0.385 e. The molecule has 2 aliphatic heterocycles. The molecular formula is C10H19NO2. The molecule has 0 aromatic carbocycles. The molecule has 2 rings (SSSR count). The van der Waals surface area contributed by atoms with Gasteiger partial charge in [-0.2, -0.15) is 0 Å². The minimum atomic E-state index is 0.704. The van der Waals surface area contributed by atoms with Crippen molar-refractivity contribution in [2.75, 3.05) is 33.5 Å². The zero-order chi connectivity index (χ0) is 9.10. The van der Waals surface area contributed by atoms with Crippen LogP contribution in [0, 0.1) is 0 Å². The first-order valence-electron chi connectivity index (χ1n) is 5.24. The SMILES string of the molecule is COCCCN1C2CCC1COC2. The highest BCUT2D eigenvalue weighted by atomic mass is 16.5. The number of morpholine rings is 1. The summed E-state index contributed by atoms with van der Waals surface area (Å²) in [6.45, 7) is 3.97. The fourth-order valence-corrected chi connectivity index (χ4v) is 2.47. The van der Waals surface area contributed by atoms with Gasteiger partial charge >= 0.3 is 0 Å². The monoisotopic (exact) mass is 185 g/mol. The van der Waals surface area contributed by atoms with E-state index in [1.165, 1.54) is 19.4 Å². The van der Waals surface area contributed by atoms with Gasteiger partial charge in [0.2, 0.25) is 0 Å². The van der Waals surface area contributed by atoms with Crippen LogP contribution in [0.25, 0.3) is 0 Å². The third-order valence-electron chi connectivity index (χ3n) is 3.16. The zero-order valence-corrected chi connectivity index (χ0v) is 8.37. The standard InChI is InChI=1S/C10H19NO2/c1-12-6-2-5-11-9-3-4-10(11)8-13-7-9/h9-10H,2-8H2,1H3. The first-order chi connectivity index (χ1) is 6.42. The molecule has 0 N–H and O–H groups in total. The summed E-state index contributed by atoms with van der Waals surface area (Å²) in [7, 11) is 1.77. The van der Waals surface area contributed by atoms with Gasteiger partial charge in [-0.05, 0) is 19.3 Å². The quantitative estimate of drug-likeness (QED) is 0.607. The Balaban J connectivity index is 1.78. The molecule has 2 bridgehead atoms. The molecule has 0 spiro atoms. The molecule has 2 atom stereocenters. The highest BCUT2D eigenvalue weighted by Gasteiger charge is 2.36. The predicted molar refractivity (Wildman–Crippen MR) is 50.8 cm³/mol. The van der Waals surface area contributed by atoms with Crippen molar-refractivity contribution in [2.24, 2.45) is 0 Å². The lowest BCUT2D eigenvalue weighted by atomic mass is 10.2. The maximum atomic E-state index is 5.52. The van der Waals surface area contributed by atoms with Gasteiger partial charge in [0.15, 0.2) is 0 Å². The summed E-state index contributed by atoms with van der Waals surface area (Å²) in [6.07, 6.45) is 3.82. The van der Waals surface area contributed by atoms with Crippen LogP contribution in [0.5, 0.6) is 0 Å². The molecule has 0 radical (unpaired) electrons. The molecule has 3 heteroatoms. The van der Waals surface area contributed by atoms with E-state index in [0.717, 1.165) is 26.2 Å². The van der Waals surface area contributed by atoms with Crippen LogP contribution in [0.2, 0.25) is 0 Å². The van der Waals surface area contributed by atoms with Gasteiger partial charge < -0.3 is 9.47 Å². The summed E-state index contributed by atoms with van der Waals surface area (Å²) < 4.78 is 10.6. The van der Waals surface area contributed by atoms with Gasteiger partial charge in [0.25, 0.3) is 0 Å². The Labute approximate surface area is 80.0 Å². The molecule has 0 amide bonds. The molecule has 2 unspecified atom stereocenters. The number of hydrogen-bond donors (Lipinski definition) is 0. The molecule has 76 valence electrons. The van der Waals surface area contributed by atoms with Crippen LogP contribution in [-0.2, 0) is 9.47 Å². The van der Waals surface area contributed by atoms with Gasteiger partial charge in [-0.1, -0.05) is 0 Å². The smallest absolute Gasteiger partial charge is 0.0622 e. The van der Waals surface area contributed by atoms with E-state index in [-0.39, 0.29) is 0 Å². The molecule has 0 aromatic heterocycles. The van der Waals surface area contributed by atoms with Gasteiger partial charge in [-0.25, -0.2) is 0 Å². The lowest BCUT2D eigenvalue weighted by molar-refractivity contribution is -0.0171. The molecular weight excluding hydrogens is 166 g/mol. The van der Waals surface area contributed by atoms with E-state index in [1.807, 2.05) is 0 Å². The predicted octanol–water partition coefficient (Wildman–Crippen LogP) is 0.886. The Morgan fingerprint density at radius 1 is 1.31 bits per heavy atom. The van der Waals surface area contributed by atoms with Crippen molar-refractivity contribution in [3.05, 3.63) is 0 Å². The summed E-state index contributed by atoms with van der Waals surface area (Å²) in [5.74, 6) is 0. The number of fused-ring (bicyclic) bond motifs is 2. The van der Waals surface area contributed by atoms with E-state index in [4.69, 9.17) is 9.47 Å². The molecule has 2 heterocycles. The highest BCUT2D eigenvalue weighted by Crippen LogP contribution is 2.28. The molecule has 0 saturated carbocycles. The van der Waals surface area contributed by atoms with E-state index in [1.54, 1.807) is 7.11 Å². The third kappa shape index (κ3) is 2.03. The van der Waals surface area contributed by atoms with Gasteiger partial charge in [0, 0.05) is 32.3 Å². The summed E-state index contributed by atoms with van der Waals surface area (Å²) in [5, 5.41) is 0. The second-order valence-corrected chi connectivity index (χ2v) is 4.01. The van der Waals surface area contributed by atoms with Crippen LogP contribution in [0.15, 0.2) is 0 Å². The van der Waals surface area contributed by atoms with E-state index < -0.39 is 0 Å². The van der Waals surface area contributed by atoms with Gasteiger partial charge in [-0.3, -0.25) is 4.90 Å². The van der Waals surface area contributed by atoms with Crippen molar-refractivity contribution in [1.82, 2.24) is 4.90 Å². The van der Waals surface area contributed by atoms with Crippen molar-refractivity contribution in [3.8, 4) is 0 Å². The van der Waals surface area contributed by atoms with E-state index in [9.17, 15) is 0 Å². The Kier molecular flexibility index (Phi) is 3.19. The Bertz CT molecular complexity index is 147. The topological polar surface area (TPSA) is 21.7 Å². The average molecular weight is 185 g/mol. The van der Waals surface area contributed by atoms with Gasteiger partial charge in [0.1, 0.15) is 0 Å². The molecule has 3 nitrogen and oxygen atoms in total. The lowest BCUT2D eigenvalue weighted by Crippen LogP contribution is -2.46. The number of rotatable bonds is 4. The van der Waals surface area contributed by atoms with Crippen LogP contribution in [-0.4, -0.2) is 50.5 Å². The maximum Gasteiger partial charge on any atom is 0.0622 e. The second kappa shape index (κ2) is 4.40. The van der Waals surface area contributed by atoms with Crippen molar-refractivity contribution in [1.29, 1.82) is 0 Å². The fourth-order valence-electron chi connectivity index (χ4n) is 2.47. The number of hydrogen-bond acceptors (Lipinski definition) is 3. The van der Waals surface area contributed by atoms with Crippen LogP contribution in [0.4, 0.5) is 0 Å². The number of nitrogens with zero attached hydrogens (tertiary/aromatic N) is 1. The summed E-state index contributed by atoms with van der Waals surface area (Å²) in [4.78, 5) is 2.61. The number of methoxy groups -OCH3 is 1. The number of ether oxygens (including phenoxy) is 2.